The van der Waals surface area contributed by atoms with E-state index in [-0.39, 0.29) is 24.3 Å². The Morgan fingerprint density at radius 1 is 1.04 bits per heavy atom. The number of carboxylic acid groups (broad SMARTS) is 1. The van der Waals surface area contributed by atoms with Crippen LogP contribution in [0.4, 0.5) is 4.79 Å². The molecule has 2 aliphatic heterocycles. The highest BCUT2D eigenvalue weighted by molar-refractivity contribution is 5.80. The summed E-state index contributed by atoms with van der Waals surface area (Å²) in [7, 11) is 0. The Kier molecular flexibility index (Phi) is 6.07. The van der Waals surface area contributed by atoms with Gasteiger partial charge in [-0.25, -0.2) is 4.79 Å². The van der Waals surface area contributed by atoms with Crippen molar-refractivity contribution in [2.24, 2.45) is 5.92 Å². The van der Waals surface area contributed by atoms with Crippen molar-refractivity contribution in [2.45, 2.75) is 57.9 Å². The molecule has 0 radical (unpaired) electrons. The number of nitrogens with one attached hydrogen (secondary N) is 1. The van der Waals surface area contributed by atoms with Crippen LogP contribution < -0.4 is 5.32 Å². The summed E-state index contributed by atoms with van der Waals surface area (Å²) in [6, 6.07) is 0.105. The molecular formula is C17H29N3O4. The Hall–Kier alpha value is -1.79. The Bertz CT molecular complexity index is 478. The van der Waals surface area contributed by atoms with Crippen molar-refractivity contribution in [3.63, 3.8) is 0 Å². The molecule has 0 aromatic carbocycles. The lowest BCUT2D eigenvalue weighted by molar-refractivity contribution is -0.138. The van der Waals surface area contributed by atoms with Gasteiger partial charge in [-0.15, -0.1) is 0 Å². The summed E-state index contributed by atoms with van der Waals surface area (Å²) in [5.41, 5.74) is -0.530. The number of carboxylic acids is 1. The molecule has 2 rings (SSSR count). The molecule has 7 nitrogen and oxygen atoms in total. The van der Waals surface area contributed by atoms with E-state index in [0.29, 0.717) is 32.4 Å². The van der Waals surface area contributed by atoms with Crippen LogP contribution >= 0.6 is 0 Å². The van der Waals surface area contributed by atoms with Gasteiger partial charge in [0.05, 0.1) is 0 Å². The zero-order valence-electron chi connectivity index (χ0n) is 14.7. The van der Waals surface area contributed by atoms with Crippen LogP contribution in [-0.2, 0) is 9.59 Å². The number of urea groups is 1. The normalized spacial score (nSPS) is 19.4. The van der Waals surface area contributed by atoms with Crippen LogP contribution in [0.5, 0.6) is 0 Å². The van der Waals surface area contributed by atoms with Gasteiger partial charge in [0.25, 0.3) is 0 Å². The highest BCUT2D eigenvalue weighted by Crippen LogP contribution is 2.22. The van der Waals surface area contributed by atoms with Gasteiger partial charge in [-0.2, -0.15) is 0 Å². The van der Waals surface area contributed by atoms with Gasteiger partial charge in [0, 0.05) is 44.1 Å². The minimum absolute atomic E-state index is 0.0290. The summed E-state index contributed by atoms with van der Waals surface area (Å²) >= 11 is 0. The van der Waals surface area contributed by atoms with Gasteiger partial charge in [-0.3, -0.25) is 9.59 Å². The number of piperidine rings is 1. The van der Waals surface area contributed by atoms with Crippen LogP contribution in [0.1, 0.15) is 52.4 Å². The van der Waals surface area contributed by atoms with Gasteiger partial charge in [-0.1, -0.05) is 0 Å². The number of amides is 3. The van der Waals surface area contributed by atoms with E-state index >= 15 is 0 Å². The van der Waals surface area contributed by atoms with Crippen LogP contribution in [0.25, 0.3) is 0 Å². The third-order valence-corrected chi connectivity index (χ3v) is 4.94. The van der Waals surface area contributed by atoms with E-state index in [2.05, 4.69) is 5.32 Å². The molecule has 2 aliphatic rings. The third kappa shape index (κ3) is 5.11. The number of nitrogens with zero attached hydrogens (tertiary/aromatic N) is 2. The smallest absolute Gasteiger partial charge is 0.319 e. The van der Waals surface area contributed by atoms with Crippen molar-refractivity contribution in [1.29, 1.82) is 0 Å². The summed E-state index contributed by atoms with van der Waals surface area (Å²) in [5, 5.41) is 11.7. The monoisotopic (exact) mass is 339 g/mol. The Morgan fingerprint density at radius 3 is 2.12 bits per heavy atom. The van der Waals surface area contributed by atoms with Gasteiger partial charge in [0.2, 0.25) is 5.91 Å². The van der Waals surface area contributed by atoms with E-state index in [1.165, 1.54) is 0 Å². The van der Waals surface area contributed by atoms with Crippen LogP contribution in [0.3, 0.4) is 0 Å². The molecule has 2 fully saturated rings. The fraction of sp³-hybridized carbons (Fsp3) is 0.824. The molecule has 0 aliphatic carbocycles. The van der Waals surface area contributed by atoms with E-state index in [4.69, 9.17) is 5.11 Å². The van der Waals surface area contributed by atoms with Gasteiger partial charge in [0.1, 0.15) is 0 Å². The van der Waals surface area contributed by atoms with E-state index < -0.39 is 11.5 Å². The molecule has 0 spiro atoms. The molecule has 0 aromatic heterocycles. The first-order chi connectivity index (χ1) is 11.3. The molecule has 3 amide bonds. The predicted octanol–water partition coefficient (Wildman–Crippen LogP) is 1.67. The number of aliphatic carboxylic acids is 1. The summed E-state index contributed by atoms with van der Waals surface area (Å²) in [4.78, 5) is 39.2. The lowest BCUT2D eigenvalue weighted by Crippen LogP contribution is -2.51. The second kappa shape index (κ2) is 7.85. The number of carbonyl (C=O) groups is 3. The van der Waals surface area contributed by atoms with E-state index in [1.807, 2.05) is 23.6 Å². The molecule has 2 N–H and O–H groups in total. The SMILES string of the molecule is CC(C)(CCC(=O)O)NC(=O)C1CCN(C(=O)N2CCCC2)CC1. The first-order valence-electron chi connectivity index (χ1n) is 8.86. The lowest BCUT2D eigenvalue weighted by atomic mass is 9.92. The molecule has 24 heavy (non-hydrogen) atoms. The zero-order valence-corrected chi connectivity index (χ0v) is 14.7. The predicted molar refractivity (Wildman–Crippen MR) is 89.6 cm³/mol. The van der Waals surface area contributed by atoms with Crippen LogP contribution in [0.2, 0.25) is 0 Å². The Balaban J connectivity index is 1.77. The van der Waals surface area contributed by atoms with Gasteiger partial charge >= 0.3 is 12.0 Å². The van der Waals surface area contributed by atoms with Crippen LogP contribution in [0.15, 0.2) is 0 Å². The lowest BCUT2D eigenvalue weighted by Gasteiger charge is -2.35. The maximum Gasteiger partial charge on any atom is 0.319 e. The van der Waals surface area contributed by atoms with Crippen molar-refractivity contribution in [3.8, 4) is 0 Å². The fourth-order valence-corrected chi connectivity index (χ4v) is 3.36. The molecule has 0 aromatic rings. The number of hydrogen-bond donors (Lipinski definition) is 2. The van der Waals surface area contributed by atoms with Gasteiger partial charge < -0.3 is 20.2 Å². The fourth-order valence-electron chi connectivity index (χ4n) is 3.36. The van der Waals surface area contributed by atoms with Crippen molar-refractivity contribution in [1.82, 2.24) is 15.1 Å². The van der Waals surface area contributed by atoms with Crippen molar-refractivity contribution in [2.75, 3.05) is 26.2 Å². The second-order valence-corrected chi connectivity index (χ2v) is 7.50. The molecule has 2 heterocycles. The first-order valence-corrected chi connectivity index (χ1v) is 8.86. The summed E-state index contributed by atoms with van der Waals surface area (Å²) in [6.45, 7) is 6.61. The standard InChI is InChI=1S/C17H29N3O4/c1-17(2,8-5-14(21)22)18-15(23)13-6-11-20(12-7-13)16(24)19-9-3-4-10-19/h13H,3-12H2,1-2H3,(H,18,23)(H,21,22). The first kappa shape index (κ1) is 18.5. The topological polar surface area (TPSA) is 90.0 Å². The van der Waals surface area contributed by atoms with Gasteiger partial charge in [-0.05, 0) is 46.0 Å². The average molecular weight is 339 g/mol. The van der Waals surface area contributed by atoms with Gasteiger partial charge in [0.15, 0.2) is 0 Å². The highest BCUT2D eigenvalue weighted by atomic mass is 16.4. The Morgan fingerprint density at radius 2 is 1.58 bits per heavy atom. The summed E-state index contributed by atoms with van der Waals surface area (Å²) in [6.07, 6.45) is 3.93. The van der Waals surface area contributed by atoms with Crippen LogP contribution in [-0.4, -0.2) is 64.5 Å². The van der Waals surface area contributed by atoms with Crippen molar-refractivity contribution < 1.29 is 19.5 Å². The molecule has 0 saturated carbocycles. The highest BCUT2D eigenvalue weighted by Gasteiger charge is 2.32. The van der Waals surface area contributed by atoms with E-state index in [1.54, 1.807) is 0 Å². The second-order valence-electron chi connectivity index (χ2n) is 7.50. The van der Waals surface area contributed by atoms with E-state index in [9.17, 15) is 14.4 Å². The average Bonchev–Trinajstić information content (AvgIpc) is 3.06. The molecule has 0 unspecified atom stereocenters. The molecule has 7 heteroatoms. The zero-order chi connectivity index (χ0) is 17.7. The number of likely N-dealkylation sites (tertiary alicyclic amines) is 2. The largest absolute Gasteiger partial charge is 0.481 e. The van der Waals surface area contributed by atoms with Crippen molar-refractivity contribution in [3.05, 3.63) is 0 Å². The molecule has 2 saturated heterocycles. The third-order valence-electron chi connectivity index (χ3n) is 4.94. The summed E-state index contributed by atoms with van der Waals surface area (Å²) < 4.78 is 0. The Labute approximate surface area is 143 Å². The van der Waals surface area contributed by atoms with Crippen LogP contribution in [0, 0.1) is 5.92 Å². The molecule has 0 atom stereocenters. The van der Waals surface area contributed by atoms with Crippen molar-refractivity contribution >= 4 is 17.9 Å². The minimum Gasteiger partial charge on any atom is -0.481 e. The minimum atomic E-state index is -0.856. The number of carbonyl (C=O) groups excluding carboxylic acids is 2. The number of hydrogen-bond acceptors (Lipinski definition) is 3. The molecule has 0 bridgehead atoms. The molecule has 136 valence electrons. The maximum atomic E-state index is 12.4. The number of rotatable bonds is 5. The van der Waals surface area contributed by atoms with E-state index in [0.717, 1.165) is 25.9 Å². The molecular weight excluding hydrogens is 310 g/mol. The maximum absolute atomic E-state index is 12.4. The summed E-state index contributed by atoms with van der Waals surface area (Å²) in [5.74, 6) is -0.985. The quantitative estimate of drug-likeness (QED) is 0.797.